The molecule has 9 heteroatoms. The van der Waals surface area contributed by atoms with E-state index >= 15 is 0 Å². The number of carbonyl (C=O) groups is 1. The Hall–Kier alpha value is -3.24. The molecule has 2 saturated heterocycles. The summed E-state index contributed by atoms with van der Waals surface area (Å²) in [6, 6.07) is 22.6. The lowest BCUT2D eigenvalue weighted by atomic mass is 9.84. The van der Waals surface area contributed by atoms with Gasteiger partial charge in [0.25, 0.3) is 0 Å². The highest BCUT2D eigenvalue weighted by atomic mass is 35.5. The summed E-state index contributed by atoms with van der Waals surface area (Å²) in [5.41, 5.74) is 3.29. The first kappa shape index (κ1) is 31.2. The number of aliphatic hydroxyl groups excluding tert-OH is 1. The Balaban J connectivity index is 1.30. The molecule has 8 nitrogen and oxygen atoms in total. The van der Waals surface area contributed by atoms with Crippen molar-refractivity contribution in [3.8, 4) is 0 Å². The fraction of sp³-hybridized carbons (Fsp3) is 0.382. The molecule has 0 unspecified atom stereocenters. The van der Waals surface area contributed by atoms with Gasteiger partial charge in [-0.1, -0.05) is 79.7 Å². The van der Waals surface area contributed by atoms with E-state index in [1.54, 1.807) is 12.1 Å². The van der Waals surface area contributed by atoms with Crippen molar-refractivity contribution in [1.29, 1.82) is 0 Å². The van der Waals surface area contributed by atoms with Gasteiger partial charge in [0.15, 0.2) is 6.29 Å². The summed E-state index contributed by atoms with van der Waals surface area (Å²) in [5, 5.41) is 24.3. The molecule has 0 bridgehead atoms. The highest BCUT2D eigenvalue weighted by Crippen LogP contribution is 2.42. The molecule has 0 spiro atoms. The second-order valence-corrected chi connectivity index (χ2v) is 11.7. The number of rotatable bonds is 9. The lowest BCUT2D eigenvalue weighted by Crippen LogP contribution is -2.49. The Morgan fingerprint density at radius 1 is 1.05 bits per heavy atom. The van der Waals surface area contributed by atoms with E-state index in [0.29, 0.717) is 30.1 Å². The minimum absolute atomic E-state index is 0.0193. The summed E-state index contributed by atoms with van der Waals surface area (Å²) >= 11 is 6.06. The molecule has 3 aromatic carbocycles. The third kappa shape index (κ3) is 7.65. The predicted octanol–water partition coefficient (Wildman–Crippen LogP) is 6.34. The van der Waals surface area contributed by atoms with Crippen molar-refractivity contribution in [3.63, 3.8) is 0 Å². The van der Waals surface area contributed by atoms with E-state index in [2.05, 4.69) is 23.7 Å². The van der Waals surface area contributed by atoms with E-state index in [0.717, 1.165) is 35.3 Å². The molecule has 0 aromatic heterocycles. The van der Waals surface area contributed by atoms with Gasteiger partial charge in [-0.25, -0.2) is 4.79 Å². The van der Waals surface area contributed by atoms with Crippen LogP contribution in [0, 0.1) is 5.92 Å². The Labute approximate surface area is 257 Å². The molecule has 2 aliphatic rings. The van der Waals surface area contributed by atoms with Crippen molar-refractivity contribution in [2.24, 2.45) is 5.92 Å². The predicted molar refractivity (Wildman–Crippen MR) is 166 cm³/mol. The third-order valence-electron chi connectivity index (χ3n) is 8.39. The lowest BCUT2D eigenvalue weighted by Gasteiger charge is -2.45. The van der Waals surface area contributed by atoms with Crippen LogP contribution in [0.15, 0.2) is 85.5 Å². The van der Waals surface area contributed by atoms with Crippen molar-refractivity contribution in [2.75, 3.05) is 31.6 Å². The smallest absolute Gasteiger partial charge is 0.411 e. The second kappa shape index (κ2) is 14.0. The SMILES string of the molecule is C=CCOC(=O)Nc1ccc([C@@H]2O[C@H](CN3CCC(O)(c4ccc(Cl)cc4)CC3)[C@H](C)[C@H](c3ccc(CO)cc3)O2)cc1. The van der Waals surface area contributed by atoms with Crippen LogP contribution in [-0.4, -0.2) is 53.6 Å². The maximum absolute atomic E-state index is 11.9. The summed E-state index contributed by atoms with van der Waals surface area (Å²) in [6.07, 6.45) is 1.18. The summed E-state index contributed by atoms with van der Waals surface area (Å²) in [5.74, 6) is 0.0360. The zero-order valence-electron chi connectivity index (χ0n) is 24.3. The van der Waals surface area contributed by atoms with E-state index in [9.17, 15) is 15.0 Å². The molecule has 0 radical (unpaired) electrons. The molecular weight excluding hydrogens is 568 g/mol. The molecular formula is C34H39ClN2O6. The van der Waals surface area contributed by atoms with Crippen LogP contribution in [0.5, 0.6) is 0 Å². The molecule has 0 saturated carbocycles. The van der Waals surface area contributed by atoms with Crippen LogP contribution in [0.25, 0.3) is 0 Å². The number of piperidine rings is 1. The monoisotopic (exact) mass is 606 g/mol. The molecule has 228 valence electrons. The van der Waals surface area contributed by atoms with Gasteiger partial charge in [0.2, 0.25) is 0 Å². The summed E-state index contributed by atoms with van der Waals surface area (Å²) in [4.78, 5) is 14.3. The second-order valence-electron chi connectivity index (χ2n) is 11.3. The molecule has 2 fully saturated rings. The quantitative estimate of drug-likeness (QED) is 0.244. The number of nitrogens with one attached hydrogen (secondary N) is 1. The molecule has 4 atom stereocenters. The van der Waals surface area contributed by atoms with Gasteiger partial charge in [-0.3, -0.25) is 5.32 Å². The lowest BCUT2D eigenvalue weighted by molar-refractivity contribution is -0.277. The van der Waals surface area contributed by atoms with Gasteiger partial charge in [-0.05, 0) is 53.8 Å². The van der Waals surface area contributed by atoms with Crippen molar-refractivity contribution in [2.45, 2.75) is 50.5 Å². The van der Waals surface area contributed by atoms with E-state index in [1.807, 2.05) is 60.7 Å². The highest BCUT2D eigenvalue weighted by molar-refractivity contribution is 6.30. The number of carbonyl (C=O) groups excluding carboxylic acids is 1. The van der Waals surface area contributed by atoms with Crippen LogP contribution in [-0.2, 0) is 26.4 Å². The summed E-state index contributed by atoms with van der Waals surface area (Å²) in [6.45, 7) is 7.95. The number of ether oxygens (including phenoxy) is 3. The molecule has 43 heavy (non-hydrogen) atoms. The van der Waals surface area contributed by atoms with Crippen molar-refractivity contribution >= 4 is 23.4 Å². The van der Waals surface area contributed by atoms with Gasteiger partial charge < -0.3 is 29.3 Å². The van der Waals surface area contributed by atoms with Crippen molar-refractivity contribution in [1.82, 2.24) is 4.90 Å². The van der Waals surface area contributed by atoms with Gasteiger partial charge in [0.1, 0.15) is 6.61 Å². The average molecular weight is 607 g/mol. The van der Waals surface area contributed by atoms with Crippen LogP contribution < -0.4 is 5.32 Å². The topological polar surface area (TPSA) is 100 Å². The zero-order chi connectivity index (χ0) is 30.4. The van der Waals surface area contributed by atoms with Crippen LogP contribution in [0.1, 0.15) is 54.4 Å². The first-order valence-electron chi connectivity index (χ1n) is 14.6. The van der Waals surface area contributed by atoms with E-state index in [4.69, 9.17) is 25.8 Å². The van der Waals surface area contributed by atoms with E-state index < -0.39 is 18.0 Å². The fourth-order valence-electron chi connectivity index (χ4n) is 5.75. The summed E-state index contributed by atoms with van der Waals surface area (Å²) < 4.78 is 18.2. The van der Waals surface area contributed by atoms with Crippen LogP contribution in [0.3, 0.4) is 0 Å². The van der Waals surface area contributed by atoms with Crippen LogP contribution >= 0.6 is 11.6 Å². The Bertz CT molecular complexity index is 1360. The Kier molecular flexibility index (Phi) is 10.2. The number of hydrogen-bond donors (Lipinski definition) is 3. The van der Waals surface area contributed by atoms with Gasteiger partial charge in [-0.2, -0.15) is 0 Å². The number of amides is 1. The summed E-state index contributed by atoms with van der Waals surface area (Å²) in [7, 11) is 0. The number of anilines is 1. The first-order valence-corrected chi connectivity index (χ1v) is 15.0. The van der Waals surface area contributed by atoms with Gasteiger partial charge in [0.05, 0.1) is 24.4 Å². The minimum atomic E-state index is -0.878. The number of aliphatic hydroxyl groups is 2. The number of halogens is 1. The molecule has 2 heterocycles. The third-order valence-corrected chi connectivity index (χ3v) is 8.64. The first-order chi connectivity index (χ1) is 20.8. The molecule has 3 N–H and O–H groups in total. The zero-order valence-corrected chi connectivity index (χ0v) is 25.1. The Morgan fingerprint density at radius 3 is 2.33 bits per heavy atom. The van der Waals surface area contributed by atoms with Crippen LogP contribution in [0.4, 0.5) is 10.5 Å². The van der Waals surface area contributed by atoms with Crippen molar-refractivity contribution in [3.05, 3.63) is 113 Å². The largest absolute Gasteiger partial charge is 0.445 e. The number of likely N-dealkylation sites (tertiary alicyclic amines) is 1. The maximum atomic E-state index is 11.9. The number of nitrogens with zero attached hydrogens (tertiary/aromatic N) is 1. The standard InChI is InChI=1S/C34H39ClN2O6/c1-3-20-41-33(39)36-29-14-8-26(9-15-29)32-42-30(23(2)31(43-32)25-6-4-24(22-38)5-7-25)21-37-18-16-34(40,17-19-37)27-10-12-28(35)13-11-27/h3-15,23,30-32,38,40H,1,16-22H2,2H3,(H,36,39)/t23-,30+,31+,32+/m0/s1. The van der Waals surface area contributed by atoms with Gasteiger partial charge in [0, 0.05) is 41.8 Å². The number of benzene rings is 3. The Morgan fingerprint density at radius 2 is 1.70 bits per heavy atom. The fourth-order valence-corrected chi connectivity index (χ4v) is 5.88. The van der Waals surface area contributed by atoms with E-state index in [1.165, 1.54) is 6.08 Å². The molecule has 2 aliphatic heterocycles. The average Bonchev–Trinajstić information content (AvgIpc) is 3.03. The maximum Gasteiger partial charge on any atom is 0.411 e. The normalized spacial score (nSPS) is 23.8. The molecule has 3 aromatic rings. The molecule has 0 aliphatic carbocycles. The highest BCUT2D eigenvalue weighted by Gasteiger charge is 2.41. The van der Waals surface area contributed by atoms with Crippen LogP contribution in [0.2, 0.25) is 5.02 Å². The minimum Gasteiger partial charge on any atom is -0.445 e. The number of hydrogen-bond acceptors (Lipinski definition) is 7. The van der Waals surface area contributed by atoms with Gasteiger partial charge in [-0.15, -0.1) is 0 Å². The molecule has 5 rings (SSSR count). The van der Waals surface area contributed by atoms with E-state index in [-0.39, 0.29) is 31.3 Å². The van der Waals surface area contributed by atoms with Crippen molar-refractivity contribution < 1.29 is 29.2 Å². The molecule has 1 amide bonds. The van der Waals surface area contributed by atoms with Gasteiger partial charge >= 0.3 is 6.09 Å².